The largest absolute Gasteiger partial charge is 0.491 e. The molecule has 0 aliphatic heterocycles. The maximum absolute atomic E-state index is 10.6. The maximum atomic E-state index is 10.6. The highest BCUT2D eigenvalue weighted by atomic mass is 32.2. The molecule has 0 spiro atoms. The molecule has 5 aromatic rings. The van der Waals surface area contributed by atoms with Gasteiger partial charge in [0.25, 0.3) is 0 Å². The number of hydrogen-bond donors (Lipinski definition) is 1. The normalized spacial score (nSPS) is 11.8. The number of para-hydroxylation sites is 1. The zero-order valence-electron chi connectivity index (χ0n) is 18.9. The van der Waals surface area contributed by atoms with Crippen LogP contribution in [0.15, 0.2) is 115 Å². The summed E-state index contributed by atoms with van der Waals surface area (Å²) >= 11 is 1.44. The summed E-state index contributed by atoms with van der Waals surface area (Å²) in [6.07, 6.45) is 2.83. The van der Waals surface area contributed by atoms with Crippen LogP contribution < -0.4 is 4.74 Å². The number of ether oxygens (including phenoxy) is 1. The van der Waals surface area contributed by atoms with Crippen molar-refractivity contribution in [2.45, 2.75) is 11.3 Å². The van der Waals surface area contributed by atoms with Crippen LogP contribution in [0, 0.1) is 0 Å². The Morgan fingerprint density at radius 3 is 2.17 bits per heavy atom. The van der Waals surface area contributed by atoms with Crippen molar-refractivity contribution in [3.05, 3.63) is 109 Å². The fourth-order valence-corrected chi connectivity index (χ4v) is 4.50. The van der Waals surface area contributed by atoms with E-state index in [1.807, 2.05) is 89.5 Å². The summed E-state index contributed by atoms with van der Waals surface area (Å²) in [5, 5.41) is 20.1. The summed E-state index contributed by atoms with van der Waals surface area (Å²) in [4.78, 5) is 4.21. The molecule has 0 fully saturated rings. The van der Waals surface area contributed by atoms with E-state index in [9.17, 15) is 5.11 Å². The van der Waals surface area contributed by atoms with E-state index in [0.29, 0.717) is 16.7 Å². The molecule has 0 amide bonds. The fraction of sp³-hybridized carbons (Fsp3) is 0.107. The third-order valence-corrected chi connectivity index (χ3v) is 6.45. The second-order valence-corrected chi connectivity index (χ2v) is 8.87. The molecule has 0 saturated carbocycles. The average molecular weight is 481 g/mol. The molecule has 174 valence electrons. The lowest BCUT2D eigenvalue weighted by molar-refractivity contribution is 0.126. The predicted octanol–water partition coefficient (Wildman–Crippen LogP) is 5.53. The van der Waals surface area contributed by atoms with Gasteiger partial charge in [-0.15, -0.1) is 10.2 Å². The van der Waals surface area contributed by atoms with E-state index in [0.717, 1.165) is 28.1 Å². The van der Waals surface area contributed by atoms with Gasteiger partial charge in [-0.2, -0.15) is 0 Å². The van der Waals surface area contributed by atoms with Crippen molar-refractivity contribution in [3.63, 3.8) is 0 Å². The van der Waals surface area contributed by atoms with E-state index >= 15 is 0 Å². The Morgan fingerprint density at radius 1 is 0.771 bits per heavy atom. The van der Waals surface area contributed by atoms with Crippen LogP contribution in [0.1, 0.15) is 0 Å². The van der Waals surface area contributed by atoms with Crippen LogP contribution in [0.3, 0.4) is 0 Å². The molecule has 1 atom stereocenters. The monoisotopic (exact) mass is 480 g/mol. The Morgan fingerprint density at radius 2 is 1.46 bits per heavy atom. The number of pyridine rings is 1. The second-order valence-electron chi connectivity index (χ2n) is 7.89. The minimum Gasteiger partial charge on any atom is -0.491 e. The van der Waals surface area contributed by atoms with E-state index in [1.165, 1.54) is 11.8 Å². The fourth-order valence-electron chi connectivity index (χ4n) is 3.64. The Labute approximate surface area is 208 Å². The number of hydrogen-bond acceptors (Lipinski definition) is 6. The molecule has 0 aliphatic rings. The first kappa shape index (κ1) is 22.8. The van der Waals surface area contributed by atoms with Gasteiger partial charge < -0.3 is 9.84 Å². The van der Waals surface area contributed by atoms with Gasteiger partial charge in [-0.05, 0) is 47.5 Å². The number of aliphatic hydroxyl groups excluding tert-OH is 1. The minimum absolute atomic E-state index is 0.187. The molecule has 35 heavy (non-hydrogen) atoms. The van der Waals surface area contributed by atoms with Crippen LogP contribution in [-0.2, 0) is 0 Å². The lowest BCUT2D eigenvalue weighted by atomic mass is 10.1. The Hall–Kier alpha value is -3.94. The first-order valence-corrected chi connectivity index (χ1v) is 12.3. The quantitative estimate of drug-likeness (QED) is 0.280. The predicted molar refractivity (Wildman–Crippen MR) is 139 cm³/mol. The highest BCUT2D eigenvalue weighted by Crippen LogP contribution is 2.28. The van der Waals surface area contributed by atoms with E-state index in [1.54, 1.807) is 12.4 Å². The third-order valence-electron chi connectivity index (χ3n) is 5.38. The van der Waals surface area contributed by atoms with Crippen LogP contribution in [0.4, 0.5) is 0 Å². The molecule has 6 nitrogen and oxygen atoms in total. The molecule has 1 N–H and O–H groups in total. The van der Waals surface area contributed by atoms with Gasteiger partial charge in [0.2, 0.25) is 0 Å². The summed E-state index contributed by atoms with van der Waals surface area (Å²) in [5.41, 5.74) is 4.10. The van der Waals surface area contributed by atoms with E-state index in [4.69, 9.17) is 4.74 Å². The van der Waals surface area contributed by atoms with Crippen molar-refractivity contribution < 1.29 is 9.84 Å². The van der Waals surface area contributed by atoms with Gasteiger partial charge in [0.05, 0.1) is 6.10 Å². The molecule has 0 bridgehead atoms. The summed E-state index contributed by atoms with van der Waals surface area (Å²) in [5.74, 6) is 1.84. The van der Waals surface area contributed by atoms with E-state index in [2.05, 4.69) is 27.3 Å². The molecule has 0 saturated heterocycles. The Bertz CT molecular complexity index is 1340. The van der Waals surface area contributed by atoms with Crippen molar-refractivity contribution in [3.8, 4) is 34.0 Å². The van der Waals surface area contributed by atoms with Crippen LogP contribution in [0.25, 0.3) is 28.2 Å². The minimum atomic E-state index is -0.670. The standard InChI is InChI=1S/C28H24N4O2S/c33-25(19-34-26-15-13-22(14-16-26)21-8-3-1-4-9-21)20-35-28-31-30-27(23-10-7-17-29-18-23)32(28)24-11-5-2-6-12-24/h1-18,25,33H,19-20H2/t25-/m1/s1. The van der Waals surface area contributed by atoms with E-state index in [-0.39, 0.29) is 6.61 Å². The van der Waals surface area contributed by atoms with Gasteiger partial charge in [-0.25, -0.2) is 0 Å². The number of benzene rings is 3. The summed E-state index contributed by atoms with van der Waals surface area (Å²) in [6, 6.07) is 31.8. The molecule has 7 heteroatoms. The van der Waals surface area contributed by atoms with Crippen molar-refractivity contribution in [1.82, 2.24) is 19.7 Å². The van der Waals surface area contributed by atoms with Crippen molar-refractivity contribution in [1.29, 1.82) is 0 Å². The Kier molecular flexibility index (Phi) is 7.17. The number of aliphatic hydroxyl groups is 1. The van der Waals surface area contributed by atoms with Crippen LogP contribution in [-0.4, -0.2) is 43.3 Å². The highest BCUT2D eigenvalue weighted by molar-refractivity contribution is 7.99. The van der Waals surface area contributed by atoms with Crippen LogP contribution >= 0.6 is 11.8 Å². The SMILES string of the molecule is O[C@H](COc1ccc(-c2ccccc2)cc1)CSc1nnc(-c2cccnc2)n1-c1ccccc1. The number of nitrogens with zero attached hydrogens (tertiary/aromatic N) is 4. The smallest absolute Gasteiger partial charge is 0.196 e. The molecule has 0 unspecified atom stereocenters. The van der Waals surface area contributed by atoms with Gasteiger partial charge in [0.15, 0.2) is 11.0 Å². The van der Waals surface area contributed by atoms with Gasteiger partial charge >= 0.3 is 0 Å². The molecular weight excluding hydrogens is 456 g/mol. The zero-order valence-corrected chi connectivity index (χ0v) is 19.8. The summed E-state index contributed by atoms with van der Waals surface area (Å²) in [6.45, 7) is 0.187. The maximum Gasteiger partial charge on any atom is 0.196 e. The van der Waals surface area contributed by atoms with Crippen LogP contribution in [0.2, 0.25) is 0 Å². The lowest BCUT2D eigenvalue weighted by Crippen LogP contribution is -2.20. The molecular formula is C28H24N4O2S. The summed E-state index contributed by atoms with van der Waals surface area (Å²) < 4.78 is 7.81. The molecule has 2 heterocycles. The molecule has 3 aromatic carbocycles. The topological polar surface area (TPSA) is 73.1 Å². The molecule has 0 aliphatic carbocycles. The van der Waals surface area contributed by atoms with Crippen molar-refractivity contribution in [2.24, 2.45) is 0 Å². The highest BCUT2D eigenvalue weighted by Gasteiger charge is 2.17. The van der Waals surface area contributed by atoms with Gasteiger partial charge in [-0.3, -0.25) is 9.55 Å². The second kappa shape index (κ2) is 11.0. The zero-order chi connectivity index (χ0) is 23.9. The van der Waals surface area contributed by atoms with E-state index < -0.39 is 6.10 Å². The van der Waals surface area contributed by atoms with Crippen molar-refractivity contribution in [2.75, 3.05) is 12.4 Å². The van der Waals surface area contributed by atoms with Gasteiger partial charge in [0, 0.05) is 29.4 Å². The lowest BCUT2D eigenvalue weighted by Gasteiger charge is -2.14. The van der Waals surface area contributed by atoms with Gasteiger partial charge in [-0.1, -0.05) is 72.4 Å². The van der Waals surface area contributed by atoms with Gasteiger partial charge in [0.1, 0.15) is 12.4 Å². The third kappa shape index (κ3) is 5.59. The number of thioether (sulfide) groups is 1. The summed E-state index contributed by atoms with van der Waals surface area (Å²) in [7, 11) is 0. The molecule has 5 rings (SSSR count). The first-order chi connectivity index (χ1) is 17.3. The Balaban J connectivity index is 1.24. The van der Waals surface area contributed by atoms with Crippen molar-refractivity contribution >= 4 is 11.8 Å². The average Bonchev–Trinajstić information content (AvgIpc) is 3.36. The number of rotatable bonds is 9. The van der Waals surface area contributed by atoms with Crippen LogP contribution in [0.5, 0.6) is 5.75 Å². The molecule has 0 radical (unpaired) electrons. The first-order valence-electron chi connectivity index (χ1n) is 11.3. The number of aromatic nitrogens is 4. The molecule has 2 aromatic heterocycles.